The van der Waals surface area contributed by atoms with Crippen molar-refractivity contribution >= 4 is 27.6 Å². The summed E-state index contributed by atoms with van der Waals surface area (Å²) < 4.78 is 0. The molecule has 0 amide bonds. The van der Waals surface area contributed by atoms with E-state index in [2.05, 4.69) is 9.97 Å². The molecule has 24 heavy (non-hydrogen) atoms. The van der Waals surface area contributed by atoms with Crippen molar-refractivity contribution in [2.24, 2.45) is 0 Å². The van der Waals surface area contributed by atoms with Crippen LogP contribution in [0.3, 0.4) is 0 Å². The van der Waals surface area contributed by atoms with Crippen LogP contribution in [0.15, 0.2) is 65.6 Å². The zero-order valence-corrected chi connectivity index (χ0v) is 12.5. The molecule has 2 N–H and O–H groups in total. The molecule has 2 heterocycles. The molecule has 2 aromatic carbocycles. The van der Waals surface area contributed by atoms with Crippen LogP contribution in [-0.4, -0.2) is 21.0 Å². The number of carboxylic acid groups (broad SMARTS) is 1. The minimum absolute atomic E-state index is 0.00645. The van der Waals surface area contributed by atoms with Gasteiger partial charge < -0.3 is 10.1 Å². The Morgan fingerprint density at radius 2 is 1.71 bits per heavy atom. The van der Waals surface area contributed by atoms with Crippen LogP contribution in [-0.2, 0) is 0 Å². The van der Waals surface area contributed by atoms with Gasteiger partial charge in [0.2, 0.25) is 0 Å². The number of carbonyl (C=O) groups is 1. The van der Waals surface area contributed by atoms with Gasteiger partial charge in [0.1, 0.15) is 5.69 Å². The number of nitrogens with one attached hydrogen (secondary N) is 1. The van der Waals surface area contributed by atoms with Gasteiger partial charge in [0.05, 0.1) is 5.52 Å². The highest BCUT2D eigenvalue weighted by atomic mass is 16.4. The molecule has 4 aromatic rings. The highest BCUT2D eigenvalue weighted by Gasteiger charge is 2.12. The lowest BCUT2D eigenvalue weighted by molar-refractivity contribution is 0.0691. The van der Waals surface area contributed by atoms with Crippen LogP contribution in [0.5, 0.6) is 0 Å². The van der Waals surface area contributed by atoms with E-state index in [1.54, 1.807) is 18.3 Å². The highest BCUT2D eigenvalue weighted by Crippen LogP contribution is 2.32. The number of carboxylic acids is 1. The van der Waals surface area contributed by atoms with Gasteiger partial charge in [0, 0.05) is 22.5 Å². The van der Waals surface area contributed by atoms with E-state index in [-0.39, 0.29) is 11.3 Å². The maximum atomic E-state index is 12.0. The molecule has 4 rings (SSSR count). The molecule has 0 aliphatic rings. The quantitative estimate of drug-likeness (QED) is 0.593. The number of aromatic amines is 1. The Bertz CT molecular complexity index is 1160. The van der Waals surface area contributed by atoms with Gasteiger partial charge in [-0.2, -0.15) is 0 Å². The van der Waals surface area contributed by atoms with Crippen molar-refractivity contribution in [2.75, 3.05) is 0 Å². The number of benzene rings is 2. The molecule has 2 aromatic heterocycles. The first-order chi connectivity index (χ1) is 11.6. The molecule has 0 spiro atoms. The lowest BCUT2D eigenvalue weighted by atomic mass is 9.97. The Labute approximate surface area is 136 Å². The van der Waals surface area contributed by atoms with Crippen molar-refractivity contribution in [1.29, 1.82) is 0 Å². The highest BCUT2D eigenvalue weighted by molar-refractivity contribution is 6.04. The Kier molecular flexibility index (Phi) is 3.13. The second kappa shape index (κ2) is 5.31. The maximum absolute atomic E-state index is 12.0. The fourth-order valence-corrected chi connectivity index (χ4v) is 2.94. The predicted molar refractivity (Wildman–Crippen MR) is 92.3 cm³/mol. The smallest absolute Gasteiger partial charge is 0.354 e. The molecule has 5 heteroatoms. The number of aromatic nitrogens is 2. The van der Waals surface area contributed by atoms with Crippen LogP contribution < -0.4 is 5.56 Å². The SMILES string of the molecule is O=C(O)c1ccc2cccc(-c3cccc4c(=O)[nH]ccc34)c2n1. The molecular weight excluding hydrogens is 304 g/mol. The van der Waals surface area contributed by atoms with Crippen molar-refractivity contribution in [2.45, 2.75) is 0 Å². The summed E-state index contributed by atoms with van der Waals surface area (Å²) in [6, 6.07) is 16.2. The fourth-order valence-electron chi connectivity index (χ4n) is 2.94. The largest absolute Gasteiger partial charge is 0.477 e. The summed E-state index contributed by atoms with van der Waals surface area (Å²) >= 11 is 0. The van der Waals surface area contributed by atoms with Crippen LogP contribution in [0.1, 0.15) is 10.5 Å². The summed E-state index contributed by atoms with van der Waals surface area (Å²) in [5.41, 5.74) is 2.08. The number of para-hydroxylation sites is 1. The average molecular weight is 316 g/mol. The Hall–Kier alpha value is -3.47. The standard InChI is InChI=1S/C19H12N2O3/c22-18-15-6-2-4-12(13(15)9-10-20-18)14-5-1-3-11-7-8-16(19(23)24)21-17(11)14/h1-10H,(H,20,22)(H,23,24). The van der Waals surface area contributed by atoms with Gasteiger partial charge in [-0.1, -0.05) is 36.4 Å². The van der Waals surface area contributed by atoms with E-state index >= 15 is 0 Å². The molecular formula is C19H12N2O3. The summed E-state index contributed by atoms with van der Waals surface area (Å²) in [5, 5.41) is 11.4. The third-order valence-electron chi connectivity index (χ3n) is 4.04. The second-order valence-corrected chi connectivity index (χ2v) is 5.45. The summed E-state index contributed by atoms with van der Waals surface area (Å²) in [4.78, 5) is 30.2. The number of pyridine rings is 2. The minimum Gasteiger partial charge on any atom is -0.477 e. The Morgan fingerprint density at radius 3 is 2.54 bits per heavy atom. The first-order valence-corrected chi connectivity index (χ1v) is 7.39. The Morgan fingerprint density at radius 1 is 0.917 bits per heavy atom. The van der Waals surface area contributed by atoms with Crippen molar-refractivity contribution in [3.05, 3.63) is 76.8 Å². The lowest BCUT2D eigenvalue weighted by Gasteiger charge is -2.09. The number of fused-ring (bicyclic) bond motifs is 2. The first kappa shape index (κ1) is 14.1. The number of aromatic carboxylic acids is 1. The molecule has 5 nitrogen and oxygen atoms in total. The van der Waals surface area contributed by atoms with E-state index in [0.29, 0.717) is 10.9 Å². The number of hydrogen-bond acceptors (Lipinski definition) is 3. The van der Waals surface area contributed by atoms with E-state index in [0.717, 1.165) is 21.9 Å². The van der Waals surface area contributed by atoms with Gasteiger partial charge >= 0.3 is 5.97 Å². The average Bonchev–Trinajstić information content (AvgIpc) is 2.61. The minimum atomic E-state index is -1.07. The summed E-state index contributed by atoms with van der Waals surface area (Å²) in [6.07, 6.45) is 1.61. The van der Waals surface area contributed by atoms with E-state index in [1.165, 1.54) is 6.07 Å². The number of rotatable bonds is 2. The van der Waals surface area contributed by atoms with Crippen LogP contribution in [0, 0.1) is 0 Å². The summed E-state index contributed by atoms with van der Waals surface area (Å²) in [5.74, 6) is -1.07. The molecule has 0 radical (unpaired) electrons. The molecule has 116 valence electrons. The summed E-state index contributed by atoms with van der Waals surface area (Å²) in [7, 11) is 0. The predicted octanol–water partition coefficient (Wildman–Crippen LogP) is 3.44. The second-order valence-electron chi connectivity index (χ2n) is 5.45. The fraction of sp³-hybridized carbons (Fsp3) is 0. The lowest BCUT2D eigenvalue weighted by Crippen LogP contribution is -2.04. The van der Waals surface area contributed by atoms with Crippen molar-refractivity contribution in [3.8, 4) is 11.1 Å². The van der Waals surface area contributed by atoms with Crippen LogP contribution >= 0.6 is 0 Å². The third kappa shape index (κ3) is 2.14. The zero-order chi connectivity index (χ0) is 16.7. The van der Waals surface area contributed by atoms with Crippen LogP contribution in [0.25, 0.3) is 32.8 Å². The molecule has 0 aliphatic heterocycles. The van der Waals surface area contributed by atoms with Gasteiger partial charge in [0.25, 0.3) is 5.56 Å². The maximum Gasteiger partial charge on any atom is 0.354 e. The number of hydrogen-bond donors (Lipinski definition) is 2. The monoisotopic (exact) mass is 316 g/mol. The van der Waals surface area contributed by atoms with Gasteiger partial charge in [-0.05, 0) is 29.1 Å². The topological polar surface area (TPSA) is 83.0 Å². The van der Waals surface area contributed by atoms with E-state index in [4.69, 9.17) is 0 Å². The first-order valence-electron chi connectivity index (χ1n) is 7.39. The van der Waals surface area contributed by atoms with Gasteiger partial charge in [-0.15, -0.1) is 0 Å². The van der Waals surface area contributed by atoms with Gasteiger partial charge in [0.15, 0.2) is 0 Å². The van der Waals surface area contributed by atoms with Crippen LogP contribution in [0.4, 0.5) is 0 Å². The molecule has 0 fully saturated rings. The van der Waals surface area contributed by atoms with Crippen molar-refractivity contribution in [3.63, 3.8) is 0 Å². The van der Waals surface area contributed by atoms with E-state index in [9.17, 15) is 14.7 Å². The van der Waals surface area contributed by atoms with E-state index < -0.39 is 5.97 Å². The Balaban J connectivity index is 2.11. The molecule has 0 saturated carbocycles. The zero-order valence-electron chi connectivity index (χ0n) is 12.5. The normalized spacial score (nSPS) is 11.0. The molecule has 0 aliphatic carbocycles. The molecule has 0 saturated heterocycles. The number of nitrogens with zero attached hydrogens (tertiary/aromatic N) is 1. The van der Waals surface area contributed by atoms with Crippen molar-refractivity contribution in [1.82, 2.24) is 9.97 Å². The van der Waals surface area contributed by atoms with Crippen molar-refractivity contribution < 1.29 is 9.90 Å². The number of H-pyrrole nitrogens is 1. The van der Waals surface area contributed by atoms with Gasteiger partial charge in [-0.3, -0.25) is 4.79 Å². The molecule has 0 bridgehead atoms. The van der Waals surface area contributed by atoms with Gasteiger partial charge in [-0.25, -0.2) is 9.78 Å². The molecule has 0 unspecified atom stereocenters. The van der Waals surface area contributed by atoms with E-state index in [1.807, 2.05) is 36.4 Å². The molecule has 0 atom stereocenters. The third-order valence-corrected chi connectivity index (χ3v) is 4.04. The summed E-state index contributed by atoms with van der Waals surface area (Å²) in [6.45, 7) is 0. The van der Waals surface area contributed by atoms with Crippen LogP contribution in [0.2, 0.25) is 0 Å².